The van der Waals surface area contributed by atoms with Gasteiger partial charge in [-0.25, -0.2) is 0 Å². The third-order valence-corrected chi connectivity index (χ3v) is 3.61. The summed E-state index contributed by atoms with van der Waals surface area (Å²) in [6.45, 7) is 5.84. The Balaban J connectivity index is 2.04. The molecule has 0 saturated carbocycles. The minimum atomic E-state index is -0.640. The van der Waals surface area contributed by atoms with E-state index < -0.39 is 11.9 Å². The Morgan fingerprint density at radius 2 is 1.83 bits per heavy atom. The van der Waals surface area contributed by atoms with Crippen LogP contribution in [0.15, 0.2) is 47.1 Å². The van der Waals surface area contributed by atoms with Crippen LogP contribution in [0.5, 0.6) is 0 Å². The zero-order valence-corrected chi connectivity index (χ0v) is 13.6. The van der Waals surface area contributed by atoms with Crippen molar-refractivity contribution in [3.05, 3.63) is 54.0 Å². The number of furan rings is 1. The zero-order chi connectivity index (χ0) is 16.8. The summed E-state index contributed by atoms with van der Waals surface area (Å²) in [4.78, 5) is 24.5. The Labute approximate surface area is 136 Å². The third-order valence-electron chi connectivity index (χ3n) is 3.61. The normalized spacial score (nSPS) is 12.0. The molecule has 0 aliphatic rings. The second-order valence-electron chi connectivity index (χ2n) is 5.71. The summed E-state index contributed by atoms with van der Waals surface area (Å²) in [5.74, 6) is -0.506. The van der Waals surface area contributed by atoms with E-state index in [2.05, 4.69) is 17.6 Å². The number of hydrogen-bond acceptors (Lipinski definition) is 3. The number of amides is 2. The average Bonchev–Trinajstić information content (AvgIpc) is 3.07. The first kappa shape index (κ1) is 16.8. The molecular formula is C18H22N2O3. The molecule has 2 amide bonds. The number of carbonyl (C=O) groups excluding carboxylic acids is 2. The molecule has 0 radical (unpaired) electrons. The first-order valence-electron chi connectivity index (χ1n) is 7.75. The van der Waals surface area contributed by atoms with Gasteiger partial charge in [0.25, 0.3) is 5.91 Å². The smallest absolute Gasteiger partial charge is 0.287 e. The molecular weight excluding hydrogens is 292 g/mol. The number of aryl methyl sites for hydroxylation is 1. The van der Waals surface area contributed by atoms with Crippen LogP contribution in [0.3, 0.4) is 0 Å². The van der Waals surface area contributed by atoms with Gasteiger partial charge in [-0.05, 0) is 42.2 Å². The van der Waals surface area contributed by atoms with Gasteiger partial charge in [0, 0.05) is 5.69 Å². The quantitative estimate of drug-likeness (QED) is 0.860. The van der Waals surface area contributed by atoms with Crippen molar-refractivity contribution in [2.45, 2.75) is 33.2 Å². The maximum atomic E-state index is 12.5. The molecule has 0 bridgehead atoms. The summed E-state index contributed by atoms with van der Waals surface area (Å²) in [7, 11) is 0. The number of rotatable bonds is 6. The Kier molecular flexibility index (Phi) is 5.57. The fraction of sp³-hybridized carbons (Fsp3) is 0.333. The average molecular weight is 314 g/mol. The zero-order valence-electron chi connectivity index (χ0n) is 13.6. The SMILES string of the molecule is CCc1ccc(NC(=O)[C@@H](NC(=O)c2ccco2)C(C)C)cc1. The molecule has 1 heterocycles. The Morgan fingerprint density at radius 1 is 1.13 bits per heavy atom. The number of hydrogen-bond donors (Lipinski definition) is 2. The summed E-state index contributed by atoms with van der Waals surface area (Å²) >= 11 is 0. The standard InChI is InChI=1S/C18H22N2O3/c1-4-13-7-9-14(10-8-13)19-18(22)16(12(2)3)20-17(21)15-6-5-11-23-15/h5-12,16H,4H2,1-3H3,(H,19,22)(H,20,21)/t16-/m0/s1. The Morgan fingerprint density at radius 3 is 2.35 bits per heavy atom. The van der Waals surface area contributed by atoms with Gasteiger partial charge in [-0.3, -0.25) is 9.59 Å². The number of anilines is 1. The van der Waals surface area contributed by atoms with Crippen molar-refractivity contribution in [2.24, 2.45) is 5.92 Å². The predicted octanol–water partition coefficient (Wildman–Crippen LogP) is 3.24. The molecule has 0 aliphatic carbocycles. The van der Waals surface area contributed by atoms with E-state index in [0.717, 1.165) is 6.42 Å². The van der Waals surface area contributed by atoms with Crippen LogP contribution in [0.25, 0.3) is 0 Å². The van der Waals surface area contributed by atoms with Gasteiger partial charge in [0.05, 0.1) is 6.26 Å². The number of benzene rings is 1. The number of nitrogens with one attached hydrogen (secondary N) is 2. The summed E-state index contributed by atoms with van der Waals surface area (Å²) in [5.41, 5.74) is 1.92. The van der Waals surface area contributed by atoms with Crippen LogP contribution in [0.1, 0.15) is 36.9 Å². The fourth-order valence-corrected chi connectivity index (χ4v) is 2.20. The summed E-state index contributed by atoms with van der Waals surface area (Å²) < 4.78 is 5.06. The molecule has 5 heteroatoms. The van der Waals surface area contributed by atoms with Crippen LogP contribution < -0.4 is 10.6 Å². The van der Waals surface area contributed by atoms with Crippen molar-refractivity contribution < 1.29 is 14.0 Å². The van der Waals surface area contributed by atoms with Gasteiger partial charge >= 0.3 is 0 Å². The highest BCUT2D eigenvalue weighted by Gasteiger charge is 2.25. The molecule has 0 aliphatic heterocycles. The molecule has 1 atom stereocenters. The molecule has 5 nitrogen and oxygen atoms in total. The molecule has 122 valence electrons. The first-order valence-corrected chi connectivity index (χ1v) is 7.75. The minimum Gasteiger partial charge on any atom is -0.459 e. The molecule has 1 aromatic carbocycles. The summed E-state index contributed by atoms with van der Waals surface area (Å²) in [6.07, 6.45) is 2.37. The van der Waals surface area contributed by atoms with Gasteiger partial charge in [0.1, 0.15) is 6.04 Å². The molecule has 0 fully saturated rings. The first-order chi connectivity index (χ1) is 11.0. The van der Waals surface area contributed by atoms with Gasteiger partial charge in [-0.1, -0.05) is 32.9 Å². The lowest BCUT2D eigenvalue weighted by Crippen LogP contribution is -2.47. The molecule has 0 saturated heterocycles. The maximum Gasteiger partial charge on any atom is 0.287 e. The molecule has 2 N–H and O–H groups in total. The minimum absolute atomic E-state index is 0.0520. The van der Waals surface area contributed by atoms with Crippen LogP contribution in [-0.2, 0) is 11.2 Å². The second-order valence-corrected chi connectivity index (χ2v) is 5.71. The monoisotopic (exact) mass is 314 g/mol. The van der Waals surface area contributed by atoms with Crippen LogP contribution in [0, 0.1) is 5.92 Å². The molecule has 2 aromatic rings. The van der Waals surface area contributed by atoms with Gasteiger partial charge < -0.3 is 15.1 Å². The largest absolute Gasteiger partial charge is 0.459 e. The summed E-state index contributed by atoms with van der Waals surface area (Å²) in [5, 5.41) is 5.56. The highest BCUT2D eigenvalue weighted by molar-refractivity contribution is 6.00. The maximum absolute atomic E-state index is 12.5. The van der Waals surface area contributed by atoms with Crippen molar-refractivity contribution in [1.82, 2.24) is 5.32 Å². The van der Waals surface area contributed by atoms with Crippen LogP contribution in [0.4, 0.5) is 5.69 Å². The predicted molar refractivity (Wildman–Crippen MR) is 89.2 cm³/mol. The molecule has 23 heavy (non-hydrogen) atoms. The van der Waals surface area contributed by atoms with E-state index in [1.165, 1.54) is 11.8 Å². The lowest BCUT2D eigenvalue weighted by atomic mass is 10.0. The van der Waals surface area contributed by atoms with E-state index in [1.807, 2.05) is 38.1 Å². The third kappa shape index (κ3) is 4.45. The molecule has 0 unspecified atom stereocenters. The van der Waals surface area contributed by atoms with Gasteiger partial charge in [-0.2, -0.15) is 0 Å². The van der Waals surface area contributed by atoms with Crippen LogP contribution in [0.2, 0.25) is 0 Å². The molecule has 2 rings (SSSR count). The van der Waals surface area contributed by atoms with E-state index in [-0.39, 0.29) is 17.6 Å². The van der Waals surface area contributed by atoms with Crippen molar-refractivity contribution in [3.8, 4) is 0 Å². The van der Waals surface area contributed by atoms with E-state index in [0.29, 0.717) is 5.69 Å². The highest BCUT2D eigenvalue weighted by Crippen LogP contribution is 2.13. The van der Waals surface area contributed by atoms with E-state index >= 15 is 0 Å². The molecule has 1 aromatic heterocycles. The van der Waals surface area contributed by atoms with Gasteiger partial charge in [-0.15, -0.1) is 0 Å². The lowest BCUT2D eigenvalue weighted by Gasteiger charge is -2.21. The van der Waals surface area contributed by atoms with Crippen molar-refractivity contribution in [2.75, 3.05) is 5.32 Å². The van der Waals surface area contributed by atoms with E-state index in [1.54, 1.807) is 12.1 Å². The number of carbonyl (C=O) groups is 2. The van der Waals surface area contributed by atoms with Gasteiger partial charge in [0.2, 0.25) is 5.91 Å². The topological polar surface area (TPSA) is 71.3 Å². The van der Waals surface area contributed by atoms with E-state index in [4.69, 9.17) is 4.42 Å². The molecule has 0 spiro atoms. The Bertz CT molecular complexity index is 645. The van der Waals surface area contributed by atoms with E-state index in [9.17, 15) is 9.59 Å². The lowest BCUT2D eigenvalue weighted by molar-refractivity contribution is -0.118. The van der Waals surface area contributed by atoms with Crippen molar-refractivity contribution in [1.29, 1.82) is 0 Å². The summed E-state index contributed by atoms with van der Waals surface area (Å²) in [6, 6.07) is 10.2. The van der Waals surface area contributed by atoms with Gasteiger partial charge in [0.15, 0.2) is 5.76 Å². The van der Waals surface area contributed by atoms with Crippen LogP contribution >= 0.6 is 0 Å². The van der Waals surface area contributed by atoms with Crippen LogP contribution in [-0.4, -0.2) is 17.9 Å². The highest BCUT2D eigenvalue weighted by atomic mass is 16.3. The fourth-order valence-electron chi connectivity index (χ4n) is 2.20. The van der Waals surface area contributed by atoms with Crippen molar-refractivity contribution in [3.63, 3.8) is 0 Å². The van der Waals surface area contributed by atoms with Crippen molar-refractivity contribution >= 4 is 17.5 Å². The Hall–Kier alpha value is -2.56. The second kappa shape index (κ2) is 7.63.